The zero-order valence-corrected chi connectivity index (χ0v) is 12.0. The van der Waals surface area contributed by atoms with Gasteiger partial charge in [0.05, 0.1) is 15.6 Å². The number of rotatable bonds is 4. The third kappa shape index (κ3) is 3.05. The van der Waals surface area contributed by atoms with Crippen LogP contribution in [0.5, 0.6) is 0 Å². The van der Waals surface area contributed by atoms with Crippen molar-refractivity contribution in [3.8, 4) is 10.8 Å². The van der Waals surface area contributed by atoms with Gasteiger partial charge in [0.1, 0.15) is 6.26 Å². The number of thiophene rings is 1. The van der Waals surface area contributed by atoms with Crippen molar-refractivity contribution in [1.82, 2.24) is 9.97 Å². The highest BCUT2D eigenvalue weighted by Gasteiger charge is 2.08. The molecule has 96 valence electrons. The van der Waals surface area contributed by atoms with Gasteiger partial charge in [-0.2, -0.15) is 0 Å². The summed E-state index contributed by atoms with van der Waals surface area (Å²) in [7, 11) is 0. The molecule has 5 heteroatoms. The first kappa shape index (κ1) is 12.4. The highest BCUT2D eigenvalue weighted by molar-refractivity contribution is 7.98. The van der Waals surface area contributed by atoms with Gasteiger partial charge in [0.15, 0.2) is 0 Å². The SMILES string of the molecule is Cc1ccc(SCc2coc(-c3cccs3)n2)nc1. The smallest absolute Gasteiger partial charge is 0.236 e. The number of aryl methyl sites for hydroxylation is 1. The zero-order valence-electron chi connectivity index (χ0n) is 10.4. The summed E-state index contributed by atoms with van der Waals surface area (Å²) >= 11 is 3.29. The van der Waals surface area contributed by atoms with Gasteiger partial charge >= 0.3 is 0 Å². The minimum absolute atomic E-state index is 0.697. The Hall–Kier alpha value is -1.59. The van der Waals surface area contributed by atoms with Crippen LogP contribution in [0.1, 0.15) is 11.3 Å². The van der Waals surface area contributed by atoms with Crippen molar-refractivity contribution in [3.63, 3.8) is 0 Å². The minimum atomic E-state index is 0.697. The number of thioether (sulfide) groups is 1. The largest absolute Gasteiger partial charge is 0.444 e. The van der Waals surface area contributed by atoms with Crippen LogP contribution in [0.3, 0.4) is 0 Å². The maximum absolute atomic E-state index is 5.48. The maximum Gasteiger partial charge on any atom is 0.236 e. The number of nitrogens with zero attached hydrogens (tertiary/aromatic N) is 2. The quantitative estimate of drug-likeness (QED) is 0.667. The van der Waals surface area contributed by atoms with Crippen LogP contribution >= 0.6 is 23.1 Å². The van der Waals surface area contributed by atoms with Crippen molar-refractivity contribution in [3.05, 3.63) is 53.4 Å². The monoisotopic (exact) mass is 288 g/mol. The summed E-state index contributed by atoms with van der Waals surface area (Å²) < 4.78 is 5.48. The molecule has 3 aromatic rings. The molecule has 0 aliphatic rings. The molecule has 3 heterocycles. The van der Waals surface area contributed by atoms with E-state index in [1.165, 1.54) is 5.56 Å². The summed E-state index contributed by atoms with van der Waals surface area (Å²) in [4.78, 5) is 9.90. The molecule has 3 aromatic heterocycles. The fraction of sp³-hybridized carbons (Fsp3) is 0.143. The second kappa shape index (κ2) is 5.59. The molecule has 0 atom stereocenters. The van der Waals surface area contributed by atoms with E-state index in [-0.39, 0.29) is 0 Å². The van der Waals surface area contributed by atoms with Gasteiger partial charge in [0.2, 0.25) is 5.89 Å². The van der Waals surface area contributed by atoms with Crippen LogP contribution in [0.4, 0.5) is 0 Å². The molecule has 0 bridgehead atoms. The third-order valence-corrected chi connectivity index (χ3v) is 4.37. The van der Waals surface area contributed by atoms with Crippen molar-refractivity contribution in [1.29, 1.82) is 0 Å². The summed E-state index contributed by atoms with van der Waals surface area (Å²) in [6.45, 7) is 2.03. The topological polar surface area (TPSA) is 38.9 Å². The molecule has 0 saturated carbocycles. The van der Waals surface area contributed by atoms with E-state index in [4.69, 9.17) is 4.42 Å². The lowest BCUT2D eigenvalue weighted by Crippen LogP contribution is -1.84. The molecule has 0 spiro atoms. The van der Waals surface area contributed by atoms with E-state index in [0.29, 0.717) is 5.89 Å². The molecule has 19 heavy (non-hydrogen) atoms. The summed E-state index contributed by atoms with van der Waals surface area (Å²) in [5.41, 5.74) is 2.11. The summed E-state index contributed by atoms with van der Waals surface area (Å²) in [5, 5.41) is 3.02. The van der Waals surface area contributed by atoms with E-state index < -0.39 is 0 Å². The molecule has 0 aromatic carbocycles. The third-order valence-electron chi connectivity index (χ3n) is 2.54. The van der Waals surface area contributed by atoms with Gasteiger partial charge in [-0.3, -0.25) is 0 Å². The molecule has 0 radical (unpaired) electrons. The van der Waals surface area contributed by atoms with Gasteiger partial charge in [0, 0.05) is 11.9 Å². The van der Waals surface area contributed by atoms with Gasteiger partial charge in [-0.1, -0.05) is 23.9 Å². The summed E-state index contributed by atoms with van der Waals surface area (Å²) in [6.07, 6.45) is 3.60. The predicted octanol–water partition coefficient (Wildman–Crippen LogP) is 4.40. The summed E-state index contributed by atoms with van der Waals surface area (Å²) in [6, 6.07) is 8.10. The lowest BCUT2D eigenvalue weighted by molar-refractivity contribution is 0.575. The Bertz CT molecular complexity index is 644. The number of aromatic nitrogens is 2. The average molecular weight is 288 g/mol. The Morgan fingerprint density at radius 1 is 1.32 bits per heavy atom. The molecular formula is C14H12N2OS2. The second-order valence-corrected chi connectivity index (χ2v) is 6.03. The van der Waals surface area contributed by atoms with Crippen LogP contribution in [0.25, 0.3) is 10.8 Å². The first-order valence-corrected chi connectivity index (χ1v) is 7.71. The predicted molar refractivity (Wildman–Crippen MR) is 78.4 cm³/mol. The van der Waals surface area contributed by atoms with E-state index in [9.17, 15) is 0 Å². The molecular weight excluding hydrogens is 276 g/mol. The van der Waals surface area contributed by atoms with Crippen LogP contribution in [0, 0.1) is 6.92 Å². The van der Waals surface area contributed by atoms with Crippen molar-refractivity contribution in [2.45, 2.75) is 17.7 Å². The van der Waals surface area contributed by atoms with Crippen LogP contribution in [0.2, 0.25) is 0 Å². The molecule has 0 N–H and O–H groups in total. The van der Waals surface area contributed by atoms with Crippen molar-refractivity contribution < 1.29 is 4.42 Å². The first-order chi connectivity index (χ1) is 9.31. The standard InChI is InChI=1S/C14H12N2OS2/c1-10-4-5-13(15-7-10)19-9-11-8-17-14(16-11)12-3-2-6-18-12/h2-8H,9H2,1H3. The van der Waals surface area contributed by atoms with Crippen LogP contribution in [-0.4, -0.2) is 9.97 Å². The number of pyridine rings is 1. The Kier molecular flexibility index (Phi) is 3.66. The van der Waals surface area contributed by atoms with Crippen LogP contribution in [-0.2, 0) is 5.75 Å². The second-order valence-electron chi connectivity index (χ2n) is 4.08. The fourth-order valence-electron chi connectivity index (χ4n) is 1.57. The van der Waals surface area contributed by atoms with E-state index in [0.717, 1.165) is 21.3 Å². The Morgan fingerprint density at radius 3 is 3.00 bits per heavy atom. The van der Waals surface area contributed by atoms with E-state index in [1.807, 2.05) is 36.7 Å². The number of oxazole rings is 1. The van der Waals surface area contributed by atoms with Crippen LogP contribution in [0.15, 0.2) is 51.5 Å². The van der Waals surface area contributed by atoms with E-state index >= 15 is 0 Å². The van der Waals surface area contributed by atoms with Crippen LogP contribution < -0.4 is 0 Å². The zero-order chi connectivity index (χ0) is 13.1. The first-order valence-electron chi connectivity index (χ1n) is 5.85. The number of hydrogen-bond donors (Lipinski definition) is 0. The maximum atomic E-state index is 5.48. The van der Waals surface area contributed by atoms with Crippen molar-refractivity contribution in [2.75, 3.05) is 0 Å². The van der Waals surface area contributed by atoms with E-state index in [1.54, 1.807) is 29.4 Å². The molecule has 0 aliphatic heterocycles. The summed E-state index contributed by atoms with van der Waals surface area (Å²) in [5.74, 6) is 1.47. The molecule has 0 fully saturated rings. The lowest BCUT2D eigenvalue weighted by atomic mass is 10.3. The molecule has 3 rings (SSSR count). The van der Waals surface area contributed by atoms with Gasteiger partial charge in [0.25, 0.3) is 0 Å². The number of hydrogen-bond acceptors (Lipinski definition) is 5. The molecule has 0 aliphatic carbocycles. The Morgan fingerprint density at radius 2 is 2.26 bits per heavy atom. The molecule has 0 unspecified atom stereocenters. The highest BCUT2D eigenvalue weighted by atomic mass is 32.2. The molecule has 3 nitrogen and oxygen atoms in total. The molecule has 0 saturated heterocycles. The van der Waals surface area contributed by atoms with Crippen molar-refractivity contribution in [2.24, 2.45) is 0 Å². The highest BCUT2D eigenvalue weighted by Crippen LogP contribution is 2.26. The minimum Gasteiger partial charge on any atom is -0.444 e. The van der Waals surface area contributed by atoms with Gasteiger partial charge in [-0.25, -0.2) is 9.97 Å². The van der Waals surface area contributed by atoms with E-state index in [2.05, 4.69) is 16.0 Å². The van der Waals surface area contributed by atoms with Gasteiger partial charge < -0.3 is 4.42 Å². The lowest BCUT2D eigenvalue weighted by Gasteiger charge is -1.98. The fourth-order valence-corrected chi connectivity index (χ4v) is 2.95. The molecule has 0 amide bonds. The normalized spacial score (nSPS) is 10.8. The van der Waals surface area contributed by atoms with Gasteiger partial charge in [-0.05, 0) is 30.0 Å². The van der Waals surface area contributed by atoms with Crippen molar-refractivity contribution >= 4 is 23.1 Å². The van der Waals surface area contributed by atoms with Gasteiger partial charge in [-0.15, -0.1) is 11.3 Å². The Labute approximate surface area is 119 Å². The Balaban J connectivity index is 1.66. The average Bonchev–Trinajstić information content (AvgIpc) is 3.09.